The summed E-state index contributed by atoms with van der Waals surface area (Å²) in [6, 6.07) is 0. The summed E-state index contributed by atoms with van der Waals surface area (Å²) in [6.07, 6.45) is 11.1. The molecule has 6 nitrogen and oxygen atoms in total. The summed E-state index contributed by atoms with van der Waals surface area (Å²) in [5.41, 5.74) is -1.50. The molecule has 28 heavy (non-hydrogen) atoms. The van der Waals surface area contributed by atoms with Crippen molar-refractivity contribution in [3.05, 3.63) is 0 Å². The van der Waals surface area contributed by atoms with Crippen molar-refractivity contribution in [1.82, 2.24) is 0 Å². The van der Waals surface area contributed by atoms with Crippen molar-refractivity contribution in [1.29, 1.82) is 0 Å². The fraction of sp³-hybridized carbons (Fsp3) is 0.857. The van der Waals surface area contributed by atoms with Gasteiger partial charge in [0.1, 0.15) is 0 Å². The number of carbonyl (C=O) groups is 3. The van der Waals surface area contributed by atoms with Gasteiger partial charge in [-0.15, -0.1) is 0 Å². The summed E-state index contributed by atoms with van der Waals surface area (Å²) in [6.45, 7) is 5.32. The van der Waals surface area contributed by atoms with Crippen LogP contribution in [-0.4, -0.2) is 35.3 Å². The van der Waals surface area contributed by atoms with Gasteiger partial charge in [0.2, 0.25) is 0 Å². The molecular formula is C21H33AlO6. The van der Waals surface area contributed by atoms with E-state index in [2.05, 4.69) is 0 Å². The molecule has 0 atom stereocenters. The van der Waals surface area contributed by atoms with Crippen LogP contribution < -0.4 is 15.3 Å². The van der Waals surface area contributed by atoms with Crippen molar-refractivity contribution in [2.45, 2.75) is 97.8 Å². The Morgan fingerprint density at radius 1 is 0.500 bits per heavy atom. The third-order valence-corrected chi connectivity index (χ3v) is 6.60. The molecule has 0 heterocycles. The van der Waals surface area contributed by atoms with Crippen molar-refractivity contribution in [3.63, 3.8) is 0 Å². The fourth-order valence-electron chi connectivity index (χ4n) is 4.08. The van der Waals surface area contributed by atoms with E-state index < -0.39 is 34.2 Å². The number of hydrogen-bond donors (Lipinski definition) is 0. The summed E-state index contributed by atoms with van der Waals surface area (Å²) >= 11 is 0. The van der Waals surface area contributed by atoms with E-state index in [4.69, 9.17) is 0 Å². The van der Waals surface area contributed by atoms with Crippen molar-refractivity contribution in [2.75, 3.05) is 0 Å². The zero-order valence-electron chi connectivity index (χ0n) is 17.5. The van der Waals surface area contributed by atoms with Crippen molar-refractivity contribution in [2.24, 2.45) is 16.2 Å². The van der Waals surface area contributed by atoms with Crippen molar-refractivity contribution >= 4 is 35.3 Å². The predicted octanol–water partition coefficient (Wildman–Crippen LogP) is 0.569. The molecular weight excluding hydrogens is 375 g/mol. The Labute approximate surface area is 179 Å². The summed E-state index contributed by atoms with van der Waals surface area (Å²) in [5, 5.41) is 31.2. The molecule has 3 aliphatic rings. The molecule has 0 unspecified atom stereocenters. The van der Waals surface area contributed by atoms with E-state index in [-0.39, 0.29) is 17.4 Å². The number of carbonyl (C=O) groups excluding carboxylic acids is 3. The maximum atomic E-state index is 10.4. The van der Waals surface area contributed by atoms with Gasteiger partial charge in [-0.2, -0.15) is 0 Å². The molecule has 7 heteroatoms. The van der Waals surface area contributed by atoms with Gasteiger partial charge in [0.05, 0.1) is 0 Å². The Balaban J connectivity index is 0.000000384. The first-order valence-corrected chi connectivity index (χ1v) is 10.1. The maximum Gasteiger partial charge on any atom is 3.00 e. The van der Waals surface area contributed by atoms with Crippen LogP contribution in [0.15, 0.2) is 0 Å². The number of hydrogen-bond acceptors (Lipinski definition) is 6. The molecule has 3 fully saturated rings. The van der Waals surface area contributed by atoms with Gasteiger partial charge in [0, 0.05) is 34.2 Å². The van der Waals surface area contributed by atoms with Crippen LogP contribution in [0.5, 0.6) is 0 Å². The Hall–Kier alpha value is -1.06. The van der Waals surface area contributed by atoms with Gasteiger partial charge >= 0.3 is 17.4 Å². The van der Waals surface area contributed by atoms with Gasteiger partial charge in [-0.05, 0) is 38.5 Å². The summed E-state index contributed by atoms with van der Waals surface area (Å²) < 4.78 is 0. The Kier molecular flexibility index (Phi) is 10.8. The van der Waals surface area contributed by atoms with Crippen molar-refractivity contribution < 1.29 is 29.7 Å². The molecule has 0 aliphatic heterocycles. The Bertz CT molecular complexity index is 451. The topological polar surface area (TPSA) is 120 Å². The molecule has 0 N–H and O–H groups in total. The molecule has 3 saturated carbocycles. The molecule has 0 aromatic rings. The van der Waals surface area contributed by atoms with E-state index in [0.29, 0.717) is 0 Å². The number of carboxylic acid groups (broad SMARTS) is 3. The van der Waals surface area contributed by atoms with Crippen LogP contribution in [0, 0.1) is 16.2 Å². The van der Waals surface area contributed by atoms with Gasteiger partial charge in [-0.1, -0.05) is 59.3 Å². The van der Waals surface area contributed by atoms with Crippen LogP contribution in [-0.2, 0) is 14.4 Å². The smallest absolute Gasteiger partial charge is 0.550 e. The largest absolute Gasteiger partial charge is 3.00 e. The maximum absolute atomic E-state index is 10.4. The first-order chi connectivity index (χ1) is 12.5. The van der Waals surface area contributed by atoms with Gasteiger partial charge in [-0.3, -0.25) is 0 Å². The third-order valence-electron chi connectivity index (χ3n) is 6.60. The minimum absolute atomic E-state index is 0. The number of rotatable bonds is 3. The monoisotopic (exact) mass is 408 g/mol. The molecule has 3 rings (SSSR count). The second-order valence-electron chi connectivity index (χ2n) is 9.17. The molecule has 0 bridgehead atoms. The third kappa shape index (κ3) is 7.40. The second kappa shape index (κ2) is 11.2. The van der Waals surface area contributed by atoms with Crippen molar-refractivity contribution in [3.8, 4) is 0 Å². The standard InChI is InChI=1S/3C7H12O2.Al/c3*1-7(6(8)9)4-2-3-5-7;/h3*2-5H2,1H3,(H,8,9);/q;;;+3/p-3. The summed E-state index contributed by atoms with van der Waals surface area (Å²) in [4.78, 5) is 31.2. The Morgan fingerprint density at radius 3 is 0.714 bits per heavy atom. The van der Waals surface area contributed by atoms with E-state index in [0.717, 1.165) is 77.0 Å². The predicted molar refractivity (Wildman–Crippen MR) is 101 cm³/mol. The first kappa shape index (κ1) is 26.9. The minimum atomic E-state index is -0.875. The Morgan fingerprint density at radius 2 is 0.643 bits per heavy atom. The van der Waals surface area contributed by atoms with Gasteiger partial charge in [0.15, 0.2) is 0 Å². The summed E-state index contributed by atoms with van der Waals surface area (Å²) in [7, 11) is 0. The summed E-state index contributed by atoms with van der Waals surface area (Å²) in [5.74, 6) is -2.63. The average Bonchev–Trinajstić information content (AvgIpc) is 3.32. The molecule has 156 valence electrons. The first-order valence-electron chi connectivity index (χ1n) is 10.1. The molecule has 0 amide bonds. The van der Waals surface area contributed by atoms with Crippen LogP contribution in [0.1, 0.15) is 97.8 Å². The number of aliphatic carboxylic acids is 3. The molecule has 0 aromatic carbocycles. The molecule has 0 aromatic heterocycles. The SMILES string of the molecule is CC1(C(=O)[O-])CCCC1.CC1(C(=O)[O-])CCCC1.CC1(C(=O)[O-])CCCC1.[Al+3]. The van der Waals surface area contributed by atoms with Gasteiger partial charge in [-0.25, -0.2) is 0 Å². The molecule has 0 saturated heterocycles. The van der Waals surface area contributed by atoms with E-state index in [1.807, 2.05) is 0 Å². The zero-order chi connectivity index (χ0) is 20.7. The minimum Gasteiger partial charge on any atom is -0.550 e. The van der Waals surface area contributed by atoms with Crippen LogP contribution >= 0.6 is 0 Å². The van der Waals surface area contributed by atoms with E-state index in [1.54, 1.807) is 20.8 Å². The number of carboxylic acids is 3. The average molecular weight is 408 g/mol. The zero-order valence-corrected chi connectivity index (χ0v) is 18.7. The van der Waals surface area contributed by atoms with E-state index in [9.17, 15) is 29.7 Å². The van der Waals surface area contributed by atoms with E-state index >= 15 is 0 Å². The van der Waals surface area contributed by atoms with Gasteiger partial charge < -0.3 is 29.7 Å². The normalized spacial score (nSPS) is 23.2. The van der Waals surface area contributed by atoms with Crippen LogP contribution in [0.2, 0.25) is 0 Å². The van der Waals surface area contributed by atoms with Gasteiger partial charge in [0.25, 0.3) is 0 Å². The molecule has 3 aliphatic carbocycles. The second-order valence-corrected chi connectivity index (χ2v) is 9.17. The van der Waals surface area contributed by atoms with E-state index in [1.165, 1.54) is 0 Å². The van der Waals surface area contributed by atoms with Crippen LogP contribution in [0.25, 0.3) is 0 Å². The molecule has 0 radical (unpaired) electrons. The quantitative estimate of drug-likeness (QED) is 0.630. The molecule has 0 spiro atoms. The fourth-order valence-corrected chi connectivity index (χ4v) is 4.08. The van der Waals surface area contributed by atoms with Crippen LogP contribution in [0.3, 0.4) is 0 Å². The van der Waals surface area contributed by atoms with Crippen LogP contribution in [0.4, 0.5) is 0 Å².